The van der Waals surface area contributed by atoms with E-state index >= 15 is 0 Å². The number of hydrogen-bond acceptors (Lipinski definition) is 2. The molecular weight excluding hydrogens is 372 g/mol. The lowest BCUT2D eigenvalue weighted by atomic mass is 9.86. The molecule has 0 fully saturated rings. The lowest BCUT2D eigenvalue weighted by Gasteiger charge is -2.19. The molecule has 1 nitrogen and oxygen atoms in total. The van der Waals surface area contributed by atoms with Gasteiger partial charge in [0.05, 0.1) is 0 Å². The van der Waals surface area contributed by atoms with Crippen molar-refractivity contribution in [2.75, 3.05) is 0 Å². The summed E-state index contributed by atoms with van der Waals surface area (Å²) in [6, 6.07) is 29.8. The van der Waals surface area contributed by atoms with Gasteiger partial charge in [-0.1, -0.05) is 93.6 Å². The van der Waals surface area contributed by atoms with Gasteiger partial charge in [0.15, 0.2) is 0 Å². The number of para-hydroxylation sites is 1. The van der Waals surface area contributed by atoms with E-state index in [-0.39, 0.29) is 5.41 Å². The number of hydrogen-bond donors (Lipinski definition) is 0. The van der Waals surface area contributed by atoms with Gasteiger partial charge in [-0.25, -0.2) is 0 Å². The normalized spacial score (nSPS) is 11.4. The van der Waals surface area contributed by atoms with Crippen molar-refractivity contribution in [1.82, 2.24) is 0 Å². The second-order valence-electron chi connectivity index (χ2n) is 8.26. The maximum atomic E-state index is 6.21. The zero-order valence-electron chi connectivity index (χ0n) is 17.2. The molecule has 4 aromatic rings. The van der Waals surface area contributed by atoms with Crippen molar-refractivity contribution in [2.45, 2.75) is 32.8 Å². The first-order valence-electron chi connectivity index (χ1n) is 9.97. The number of thiophene rings is 1. The van der Waals surface area contributed by atoms with Crippen LogP contribution in [0.2, 0.25) is 0 Å². The van der Waals surface area contributed by atoms with E-state index in [1.165, 1.54) is 27.1 Å². The van der Waals surface area contributed by atoms with Crippen LogP contribution in [0.3, 0.4) is 0 Å². The molecule has 0 radical (unpaired) electrons. The van der Waals surface area contributed by atoms with Crippen LogP contribution in [0.4, 0.5) is 0 Å². The molecule has 0 saturated carbocycles. The average molecular weight is 399 g/mol. The zero-order chi connectivity index (χ0) is 20.3. The van der Waals surface area contributed by atoms with Gasteiger partial charge in [0.2, 0.25) is 0 Å². The lowest BCUT2D eigenvalue weighted by molar-refractivity contribution is 0.307. The summed E-state index contributed by atoms with van der Waals surface area (Å²) < 4.78 is 6.21. The Morgan fingerprint density at radius 1 is 0.724 bits per heavy atom. The van der Waals surface area contributed by atoms with Crippen LogP contribution < -0.4 is 4.74 Å². The molecule has 0 spiro atoms. The smallest absolute Gasteiger partial charge is 0.127 e. The predicted octanol–water partition coefficient (Wildman–Crippen LogP) is 7.96. The molecule has 0 saturated heterocycles. The average Bonchev–Trinajstić information content (AvgIpc) is 3.22. The predicted molar refractivity (Wildman–Crippen MR) is 125 cm³/mol. The summed E-state index contributed by atoms with van der Waals surface area (Å²) in [7, 11) is 0. The Kier molecular flexibility index (Phi) is 5.55. The summed E-state index contributed by atoms with van der Waals surface area (Å²) >= 11 is 1.78. The maximum absolute atomic E-state index is 6.21. The molecule has 0 atom stereocenters. The summed E-state index contributed by atoms with van der Waals surface area (Å²) in [5.74, 6) is 0.919. The molecule has 0 aliphatic heterocycles. The minimum Gasteiger partial charge on any atom is -0.488 e. The van der Waals surface area contributed by atoms with Crippen molar-refractivity contribution >= 4 is 11.3 Å². The molecule has 1 aromatic heterocycles. The highest BCUT2D eigenvalue weighted by Crippen LogP contribution is 2.41. The third kappa shape index (κ3) is 4.44. The van der Waals surface area contributed by atoms with Crippen LogP contribution in [-0.2, 0) is 12.0 Å². The van der Waals surface area contributed by atoms with Crippen LogP contribution >= 0.6 is 11.3 Å². The maximum Gasteiger partial charge on any atom is 0.127 e. The van der Waals surface area contributed by atoms with Gasteiger partial charge in [-0.3, -0.25) is 0 Å². The van der Waals surface area contributed by atoms with Gasteiger partial charge in [-0.05, 0) is 39.6 Å². The molecule has 1 heterocycles. The van der Waals surface area contributed by atoms with Crippen LogP contribution in [0.25, 0.3) is 21.6 Å². The Balaban J connectivity index is 1.65. The number of rotatable bonds is 5. The molecule has 4 rings (SSSR count). The Morgan fingerprint density at radius 3 is 2.14 bits per heavy atom. The van der Waals surface area contributed by atoms with Gasteiger partial charge in [-0.2, -0.15) is 0 Å². The van der Waals surface area contributed by atoms with Crippen molar-refractivity contribution in [1.29, 1.82) is 0 Å². The van der Waals surface area contributed by atoms with E-state index in [1.54, 1.807) is 11.3 Å². The first kappa shape index (κ1) is 19.5. The third-order valence-electron chi connectivity index (χ3n) is 5.09. The summed E-state index contributed by atoms with van der Waals surface area (Å²) in [6.07, 6.45) is 0. The van der Waals surface area contributed by atoms with E-state index in [1.807, 2.05) is 24.3 Å². The number of ether oxygens (including phenoxy) is 1. The molecule has 0 N–H and O–H groups in total. The molecular formula is C27H26OS. The highest BCUT2D eigenvalue weighted by Gasteiger charge is 2.16. The fraction of sp³-hybridized carbons (Fsp3) is 0.185. The van der Waals surface area contributed by atoms with Crippen molar-refractivity contribution in [3.05, 3.63) is 101 Å². The fourth-order valence-electron chi connectivity index (χ4n) is 3.42. The first-order chi connectivity index (χ1) is 14.0. The van der Waals surface area contributed by atoms with E-state index in [4.69, 9.17) is 4.74 Å². The molecule has 0 unspecified atom stereocenters. The fourth-order valence-corrected chi connectivity index (χ4v) is 4.33. The highest BCUT2D eigenvalue weighted by atomic mass is 32.1. The number of benzene rings is 3. The molecule has 29 heavy (non-hydrogen) atoms. The second-order valence-corrected chi connectivity index (χ2v) is 9.18. The quantitative estimate of drug-likeness (QED) is 0.331. The van der Waals surface area contributed by atoms with Gasteiger partial charge in [0.1, 0.15) is 12.4 Å². The molecule has 2 heteroatoms. The van der Waals surface area contributed by atoms with Crippen molar-refractivity contribution in [2.24, 2.45) is 0 Å². The summed E-state index contributed by atoms with van der Waals surface area (Å²) in [6.45, 7) is 7.31. The van der Waals surface area contributed by atoms with Crippen LogP contribution in [-0.4, -0.2) is 0 Å². The minimum atomic E-state index is 0.161. The Hall–Kier alpha value is -2.84. The van der Waals surface area contributed by atoms with E-state index in [2.05, 4.69) is 86.8 Å². The van der Waals surface area contributed by atoms with Gasteiger partial charge < -0.3 is 4.74 Å². The molecule has 0 bridgehead atoms. The first-order valence-corrected chi connectivity index (χ1v) is 10.8. The van der Waals surface area contributed by atoms with Crippen LogP contribution in [0.5, 0.6) is 5.75 Å². The van der Waals surface area contributed by atoms with E-state index in [0.29, 0.717) is 6.61 Å². The Labute approximate surface area is 177 Å². The zero-order valence-corrected chi connectivity index (χ0v) is 18.0. The van der Waals surface area contributed by atoms with Crippen LogP contribution in [0, 0.1) is 0 Å². The van der Waals surface area contributed by atoms with Gasteiger partial charge in [0.25, 0.3) is 0 Å². The SMILES string of the molecule is CC(C)(C)c1ccc(-c2sccc2-c2ccccc2OCc2ccccc2)cc1. The monoisotopic (exact) mass is 398 g/mol. The highest BCUT2D eigenvalue weighted by molar-refractivity contribution is 7.14. The Bertz CT molecular complexity index is 1070. The van der Waals surface area contributed by atoms with Crippen molar-refractivity contribution in [3.8, 4) is 27.3 Å². The van der Waals surface area contributed by atoms with Crippen molar-refractivity contribution < 1.29 is 4.74 Å². The van der Waals surface area contributed by atoms with E-state index < -0.39 is 0 Å². The van der Waals surface area contributed by atoms with Crippen LogP contribution in [0.1, 0.15) is 31.9 Å². The minimum absolute atomic E-state index is 0.161. The van der Waals surface area contributed by atoms with Gasteiger partial charge in [-0.15, -0.1) is 11.3 Å². The largest absolute Gasteiger partial charge is 0.488 e. The molecule has 3 aromatic carbocycles. The van der Waals surface area contributed by atoms with E-state index in [0.717, 1.165) is 11.3 Å². The molecule has 0 aliphatic carbocycles. The van der Waals surface area contributed by atoms with E-state index in [9.17, 15) is 0 Å². The molecule has 0 aliphatic rings. The summed E-state index contributed by atoms with van der Waals surface area (Å²) in [4.78, 5) is 1.28. The van der Waals surface area contributed by atoms with Gasteiger partial charge in [0, 0.05) is 16.0 Å². The molecule has 146 valence electrons. The standard InChI is InChI=1S/C27H26OS/c1-27(2,3)22-15-13-21(14-16-22)26-24(17-18-29-26)23-11-7-8-12-25(23)28-19-20-9-5-4-6-10-20/h4-18H,19H2,1-3H3. The summed E-state index contributed by atoms with van der Waals surface area (Å²) in [5.41, 5.74) is 6.30. The van der Waals surface area contributed by atoms with Gasteiger partial charge >= 0.3 is 0 Å². The second kappa shape index (κ2) is 8.26. The summed E-state index contributed by atoms with van der Waals surface area (Å²) in [5, 5.41) is 2.16. The topological polar surface area (TPSA) is 9.23 Å². The lowest BCUT2D eigenvalue weighted by Crippen LogP contribution is -2.10. The van der Waals surface area contributed by atoms with Crippen LogP contribution in [0.15, 0.2) is 90.3 Å². The Morgan fingerprint density at radius 2 is 1.41 bits per heavy atom. The van der Waals surface area contributed by atoms with Crippen molar-refractivity contribution in [3.63, 3.8) is 0 Å². The third-order valence-corrected chi connectivity index (χ3v) is 6.06. The molecule has 0 amide bonds.